The van der Waals surface area contributed by atoms with Crippen molar-refractivity contribution in [3.63, 3.8) is 0 Å². The van der Waals surface area contributed by atoms with Crippen LogP contribution in [0.5, 0.6) is 0 Å². The molecule has 0 saturated carbocycles. The lowest BCUT2D eigenvalue weighted by molar-refractivity contribution is -0.128. The number of carbonyl (C=O) groups excluding carboxylic acids is 1. The van der Waals surface area contributed by atoms with Gasteiger partial charge in [-0.15, -0.1) is 24.0 Å². The Hall–Kier alpha value is -2.29. The van der Waals surface area contributed by atoms with Gasteiger partial charge in [0, 0.05) is 57.9 Å². The average Bonchev–Trinajstić information content (AvgIpc) is 3.22. The maximum Gasteiger partial charge on any atom is 0.222 e. The van der Waals surface area contributed by atoms with Crippen LogP contribution in [0.25, 0.3) is 0 Å². The van der Waals surface area contributed by atoms with Crippen molar-refractivity contribution in [2.45, 2.75) is 32.9 Å². The highest BCUT2D eigenvalue weighted by Gasteiger charge is 2.21. The van der Waals surface area contributed by atoms with Crippen LogP contribution in [-0.4, -0.2) is 60.9 Å². The van der Waals surface area contributed by atoms with E-state index in [2.05, 4.69) is 76.6 Å². The van der Waals surface area contributed by atoms with E-state index < -0.39 is 0 Å². The lowest BCUT2D eigenvalue weighted by Crippen LogP contribution is -2.52. The number of carbonyl (C=O) groups is 1. The highest BCUT2D eigenvalue weighted by atomic mass is 127. The monoisotopic (exact) mass is 547 g/mol. The van der Waals surface area contributed by atoms with Crippen molar-refractivity contribution in [3.8, 4) is 0 Å². The molecule has 0 aromatic heterocycles. The van der Waals surface area contributed by atoms with Crippen LogP contribution in [-0.2, 0) is 17.9 Å². The number of likely N-dealkylation sites (tertiary alicyclic amines) is 1. The molecule has 0 aliphatic carbocycles. The molecule has 4 rings (SSSR count). The molecular weight excluding hydrogens is 513 g/mol. The van der Waals surface area contributed by atoms with E-state index in [0.29, 0.717) is 13.0 Å². The predicted molar refractivity (Wildman–Crippen MR) is 142 cm³/mol. The van der Waals surface area contributed by atoms with E-state index >= 15 is 0 Å². The predicted octanol–water partition coefficient (Wildman–Crippen LogP) is 3.71. The summed E-state index contributed by atoms with van der Waals surface area (Å²) < 4.78 is 0. The third-order valence-corrected chi connectivity index (χ3v) is 6.01. The van der Waals surface area contributed by atoms with Crippen molar-refractivity contribution in [1.29, 1.82) is 0 Å². The fourth-order valence-corrected chi connectivity index (χ4v) is 4.25. The molecule has 1 N–H and O–H groups in total. The zero-order valence-electron chi connectivity index (χ0n) is 18.9. The van der Waals surface area contributed by atoms with Crippen molar-refractivity contribution in [2.24, 2.45) is 4.99 Å². The van der Waals surface area contributed by atoms with Gasteiger partial charge in [0.15, 0.2) is 5.96 Å². The van der Waals surface area contributed by atoms with Gasteiger partial charge < -0.3 is 20.0 Å². The molecule has 0 bridgehead atoms. The van der Waals surface area contributed by atoms with Crippen molar-refractivity contribution < 1.29 is 4.79 Å². The van der Waals surface area contributed by atoms with Crippen LogP contribution in [0.2, 0.25) is 0 Å². The quantitative estimate of drug-likeness (QED) is 0.341. The number of anilines is 1. The summed E-state index contributed by atoms with van der Waals surface area (Å²) in [4.78, 5) is 23.5. The number of aliphatic imine (C=N–C) groups is 1. The summed E-state index contributed by atoms with van der Waals surface area (Å²) in [5.74, 6) is 1.26. The number of amides is 1. The topological polar surface area (TPSA) is 51.2 Å². The lowest BCUT2D eigenvalue weighted by Gasteiger charge is -2.37. The zero-order valence-corrected chi connectivity index (χ0v) is 21.2. The number of nitrogens with zero attached hydrogens (tertiary/aromatic N) is 4. The second-order valence-corrected chi connectivity index (χ2v) is 8.22. The van der Waals surface area contributed by atoms with Gasteiger partial charge in [0.25, 0.3) is 0 Å². The zero-order chi connectivity index (χ0) is 21.5. The van der Waals surface area contributed by atoms with Gasteiger partial charge in [0.05, 0.1) is 6.54 Å². The molecule has 32 heavy (non-hydrogen) atoms. The van der Waals surface area contributed by atoms with Crippen LogP contribution < -0.4 is 10.2 Å². The molecule has 7 heteroatoms. The van der Waals surface area contributed by atoms with Crippen molar-refractivity contribution in [1.82, 2.24) is 15.1 Å². The number of hydrogen-bond donors (Lipinski definition) is 1. The van der Waals surface area contributed by atoms with E-state index in [9.17, 15) is 4.79 Å². The Bertz CT molecular complexity index is 879. The minimum absolute atomic E-state index is 0. The molecule has 0 radical (unpaired) electrons. The number of guanidine groups is 1. The van der Waals surface area contributed by atoms with Gasteiger partial charge in [-0.05, 0) is 36.6 Å². The molecule has 0 atom stereocenters. The molecule has 1 amide bonds. The van der Waals surface area contributed by atoms with E-state index in [4.69, 9.17) is 4.99 Å². The number of para-hydroxylation sites is 1. The van der Waals surface area contributed by atoms with Gasteiger partial charge in [-0.2, -0.15) is 0 Å². The molecule has 2 heterocycles. The first kappa shape index (κ1) is 24.4. The van der Waals surface area contributed by atoms with Crippen molar-refractivity contribution in [3.05, 3.63) is 65.7 Å². The van der Waals surface area contributed by atoms with Gasteiger partial charge in [0.1, 0.15) is 0 Å². The third-order valence-electron chi connectivity index (χ3n) is 6.01. The Morgan fingerprint density at radius 2 is 1.62 bits per heavy atom. The van der Waals surface area contributed by atoms with Gasteiger partial charge in [-0.3, -0.25) is 4.79 Å². The SMILES string of the molecule is CCNC(=NCc1ccc(CN2CCCC2=O)cc1)N1CCN(c2ccccc2)CC1.I. The van der Waals surface area contributed by atoms with Gasteiger partial charge in [-0.1, -0.05) is 42.5 Å². The van der Waals surface area contributed by atoms with Gasteiger partial charge in [0.2, 0.25) is 5.91 Å². The first-order valence-electron chi connectivity index (χ1n) is 11.4. The van der Waals surface area contributed by atoms with Crippen LogP contribution in [0.3, 0.4) is 0 Å². The molecular formula is C25H34IN5O. The lowest BCUT2D eigenvalue weighted by atomic mass is 10.1. The number of halogens is 1. The molecule has 6 nitrogen and oxygen atoms in total. The Balaban J connectivity index is 0.00000289. The largest absolute Gasteiger partial charge is 0.368 e. The number of piperazine rings is 1. The minimum Gasteiger partial charge on any atom is -0.368 e. The van der Waals surface area contributed by atoms with Crippen LogP contribution in [0.1, 0.15) is 30.9 Å². The maximum atomic E-state index is 11.8. The van der Waals surface area contributed by atoms with Crippen molar-refractivity contribution >= 4 is 41.5 Å². The number of nitrogens with one attached hydrogen (secondary N) is 1. The number of rotatable bonds is 6. The normalized spacial score (nSPS) is 16.8. The fraction of sp³-hybridized carbons (Fsp3) is 0.440. The molecule has 2 aliphatic rings. The summed E-state index contributed by atoms with van der Waals surface area (Å²) in [6, 6.07) is 19.1. The van der Waals surface area contributed by atoms with E-state index in [-0.39, 0.29) is 29.9 Å². The van der Waals surface area contributed by atoms with E-state index in [0.717, 1.165) is 58.2 Å². The van der Waals surface area contributed by atoms with E-state index in [1.165, 1.54) is 16.8 Å². The van der Waals surface area contributed by atoms with Crippen LogP contribution in [0, 0.1) is 0 Å². The second-order valence-electron chi connectivity index (χ2n) is 8.22. The molecule has 2 aromatic rings. The molecule has 2 aromatic carbocycles. The summed E-state index contributed by atoms with van der Waals surface area (Å²) >= 11 is 0. The average molecular weight is 547 g/mol. The molecule has 0 unspecified atom stereocenters. The van der Waals surface area contributed by atoms with Gasteiger partial charge in [-0.25, -0.2) is 4.99 Å². The standard InChI is InChI=1S/C25H33N5O.HI/c1-2-26-25(29-17-15-28(16-18-29)23-7-4-3-5-8-23)27-19-21-10-12-22(13-11-21)20-30-14-6-9-24(30)31;/h3-5,7-8,10-13H,2,6,9,14-20H2,1H3,(H,26,27);1H. The summed E-state index contributed by atoms with van der Waals surface area (Å²) in [5.41, 5.74) is 3.67. The summed E-state index contributed by atoms with van der Waals surface area (Å²) in [6.45, 7) is 9.16. The van der Waals surface area contributed by atoms with Crippen molar-refractivity contribution in [2.75, 3.05) is 44.2 Å². The molecule has 2 fully saturated rings. The minimum atomic E-state index is 0. The van der Waals surface area contributed by atoms with Crippen LogP contribution in [0.15, 0.2) is 59.6 Å². The summed E-state index contributed by atoms with van der Waals surface area (Å²) in [6.07, 6.45) is 1.68. The molecule has 172 valence electrons. The Morgan fingerprint density at radius 1 is 0.938 bits per heavy atom. The Morgan fingerprint density at radius 3 is 2.25 bits per heavy atom. The first-order chi connectivity index (χ1) is 15.2. The van der Waals surface area contributed by atoms with Gasteiger partial charge >= 0.3 is 0 Å². The Labute approximate surface area is 208 Å². The van der Waals surface area contributed by atoms with Crippen LogP contribution >= 0.6 is 24.0 Å². The fourth-order valence-electron chi connectivity index (χ4n) is 4.25. The van der Waals surface area contributed by atoms with Crippen LogP contribution in [0.4, 0.5) is 5.69 Å². The highest BCUT2D eigenvalue weighted by molar-refractivity contribution is 14.0. The molecule has 2 saturated heterocycles. The number of hydrogen-bond acceptors (Lipinski definition) is 3. The third kappa shape index (κ3) is 6.37. The molecule has 2 aliphatic heterocycles. The first-order valence-corrected chi connectivity index (χ1v) is 11.4. The summed E-state index contributed by atoms with van der Waals surface area (Å²) in [5, 5.41) is 3.45. The van der Waals surface area contributed by atoms with E-state index in [1.54, 1.807) is 0 Å². The highest BCUT2D eigenvalue weighted by Crippen LogP contribution is 2.17. The maximum absolute atomic E-state index is 11.8. The molecule has 0 spiro atoms. The Kier molecular flexibility index (Phi) is 9.20. The number of benzene rings is 2. The second kappa shape index (κ2) is 12.1. The van der Waals surface area contributed by atoms with E-state index in [1.807, 2.05) is 4.90 Å². The summed E-state index contributed by atoms with van der Waals surface area (Å²) in [7, 11) is 0. The smallest absolute Gasteiger partial charge is 0.222 e.